The molecule has 1 N–H and O–H groups in total. The number of aryl methyl sites for hydroxylation is 2. The maximum absolute atomic E-state index is 12.8. The molecule has 124 valence electrons. The lowest BCUT2D eigenvalue weighted by Gasteiger charge is -2.30. The van der Waals surface area contributed by atoms with E-state index in [9.17, 15) is 13.2 Å². The van der Waals surface area contributed by atoms with Gasteiger partial charge >= 0.3 is 0 Å². The van der Waals surface area contributed by atoms with E-state index in [2.05, 4.69) is 10.2 Å². The molecule has 1 saturated heterocycles. The van der Waals surface area contributed by atoms with Crippen molar-refractivity contribution in [1.29, 1.82) is 0 Å². The lowest BCUT2D eigenvalue weighted by molar-refractivity contribution is 0.0879. The van der Waals surface area contributed by atoms with Crippen LogP contribution in [-0.4, -0.2) is 41.8 Å². The first-order chi connectivity index (χ1) is 10.9. The molecule has 3 heterocycles. The molecule has 6 nitrogen and oxygen atoms in total. The first-order valence-corrected chi connectivity index (χ1v) is 9.82. The van der Waals surface area contributed by atoms with Crippen LogP contribution >= 0.6 is 11.3 Å². The minimum atomic E-state index is -3.55. The zero-order chi connectivity index (χ0) is 16.6. The summed E-state index contributed by atoms with van der Waals surface area (Å²) in [5.41, 5.74) is 1.04. The minimum absolute atomic E-state index is 0.0911. The molecule has 23 heavy (non-hydrogen) atoms. The third-order valence-electron chi connectivity index (χ3n) is 4.25. The summed E-state index contributed by atoms with van der Waals surface area (Å²) in [6.45, 7) is 4.13. The highest BCUT2D eigenvalue weighted by molar-refractivity contribution is 7.89. The predicted molar refractivity (Wildman–Crippen MR) is 88.2 cm³/mol. The van der Waals surface area contributed by atoms with Gasteiger partial charge in [-0.05, 0) is 38.1 Å². The SMILES string of the molecule is Cc1n[nH]c(C)c1S(=O)(=O)N1CCC(C(=O)c2cccs2)CC1. The number of hydrogen-bond acceptors (Lipinski definition) is 5. The number of aromatic nitrogens is 2. The average Bonchev–Trinajstić information content (AvgIpc) is 3.17. The normalized spacial score (nSPS) is 17.5. The number of nitrogens with zero attached hydrogens (tertiary/aromatic N) is 2. The van der Waals surface area contributed by atoms with Crippen LogP contribution in [0.3, 0.4) is 0 Å². The Morgan fingerprint density at radius 3 is 2.57 bits per heavy atom. The van der Waals surface area contributed by atoms with Crippen molar-refractivity contribution < 1.29 is 13.2 Å². The summed E-state index contributed by atoms with van der Waals surface area (Å²) in [4.78, 5) is 13.4. The van der Waals surface area contributed by atoms with Crippen LogP contribution in [0.1, 0.15) is 33.9 Å². The van der Waals surface area contributed by atoms with Gasteiger partial charge in [0.15, 0.2) is 5.78 Å². The Bertz CT molecular complexity index is 782. The molecular weight excluding hydrogens is 334 g/mol. The van der Waals surface area contributed by atoms with E-state index in [-0.39, 0.29) is 16.6 Å². The van der Waals surface area contributed by atoms with Crippen molar-refractivity contribution in [2.75, 3.05) is 13.1 Å². The first-order valence-electron chi connectivity index (χ1n) is 7.50. The van der Waals surface area contributed by atoms with Crippen molar-refractivity contribution in [3.05, 3.63) is 33.8 Å². The van der Waals surface area contributed by atoms with Crippen LogP contribution in [0, 0.1) is 19.8 Å². The van der Waals surface area contributed by atoms with Crippen molar-refractivity contribution in [3.63, 3.8) is 0 Å². The third-order valence-corrected chi connectivity index (χ3v) is 7.29. The number of nitrogens with one attached hydrogen (secondary N) is 1. The fourth-order valence-corrected chi connectivity index (χ4v) is 5.57. The van der Waals surface area contributed by atoms with Crippen LogP contribution in [0.15, 0.2) is 22.4 Å². The smallest absolute Gasteiger partial charge is 0.246 e. The minimum Gasteiger partial charge on any atom is -0.293 e. The number of Topliss-reactive ketones (excluding diaryl/α,β-unsaturated/α-hetero) is 1. The molecule has 0 unspecified atom stereocenters. The maximum atomic E-state index is 12.8. The van der Waals surface area contributed by atoms with E-state index in [4.69, 9.17) is 0 Å². The Labute approximate surface area is 139 Å². The molecule has 1 aliphatic heterocycles. The van der Waals surface area contributed by atoms with Gasteiger partial charge < -0.3 is 0 Å². The summed E-state index contributed by atoms with van der Waals surface area (Å²) in [6.07, 6.45) is 1.12. The number of rotatable bonds is 4. The van der Waals surface area contributed by atoms with Gasteiger partial charge in [-0.3, -0.25) is 9.89 Å². The molecule has 0 saturated carbocycles. The number of hydrogen-bond donors (Lipinski definition) is 1. The molecule has 0 aliphatic carbocycles. The highest BCUT2D eigenvalue weighted by Crippen LogP contribution is 2.29. The van der Waals surface area contributed by atoms with E-state index in [1.54, 1.807) is 13.8 Å². The van der Waals surface area contributed by atoms with Crippen LogP contribution in [0.25, 0.3) is 0 Å². The van der Waals surface area contributed by atoms with Crippen molar-refractivity contribution in [2.24, 2.45) is 5.92 Å². The lowest BCUT2D eigenvalue weighted by Crippen LogP contribution is -2.40. The van der Waals surface area contributed by atoms with Crippen molar-refractivity contribution in [2.45, 2.75) is 31.6 Å². The summed E-state index contributed by atoms with van der Waals surface area (Å²) in [5, 5.41) is 8.58. The molecule has 0 atom stereocenters. The number of thiophene rings is 1. The van der Waals surface area contributed by atoms with E-state index in [1.165, 1.54) is 15.6 Å². The van der Waals surface area contributed by atoms with Crippen molar-refractivity contribution in [1.82, 2.24) is 14.5 Å². The lowest BCUT2D eigenvalue weighted by atomic mass is 9.93. The standard InChI is InChI=1S/C15H19N3O3S2/c1-10-15(11(2)17-16-10)23(20,21)18-7-5-12(6-8-18)14(19)13-4-3-9-22-13/h3-4,9,12H,5-8H2,1-2H3,(H,16,17). The average molecular weight is 353 g/mol. The first kappa shape index (κ1) is 16.4. The molecule has 1 aliphatic rings. The summed E-state index contributed by atoms with van der Waals surface area (Å²) >= 11 is 1.44. The largest absolute Gasteiger partial charge is 0.293 e. The monoisotopic (exact) mass is 353 g/mol. The number of sulfonamides is 1. The van der Waals surface area contributed by atoms with Crippen molar-refractivity contribution >= 4 is 27.1 Å². The van der Waals surface area contributed by atoms with Gasteiger partial charge in [0, 0.05) is 19.0 Å². The van der Waals surface area contributed by atoms with Crippen LogP contribution in [0.4, 0.5) is 0 Å². The zero-order valence-electron chi connectivity index (χ0n) is 13.1. The molecule has 3 rings (SSSR count). The molecule has 1 fully saturated rings. The third kappa shape index (κ3) is 2.98. The highest BCUT2D eigenvalue weighted by atomic mass is 32.2. The molecular formula is C15H19N3O3S2. The topological polar surface area (TPSA) is 83.1 Å². The van der Waals surface area contributed by atoms with Gasteiger partial charge in [0.1, 0.15) is 4.90 Å². The fraction of sp³-hybridized carbons (Fsp3) is 0.467. The molecule has 0 bridgehead atoms. The summed E-state index contributed by atoms with van der Waals surface area (Å²) in [5.74, 6) is 0.0411. The summed E-state index contributed by atoms with van der Waals surface area (Å²) in [6, 6.07) is 3.69. The van der Waals surface area contributed by atoms with Crippen LogP contribution in [-0.2, 0) is 10.0 Å². The predicted octanol–water partition coefficient (Wildman–Crippen LogP) is 2.37. The van der Waals surface area contributed by atoms with E-state index in [0.717, 1.165) is 4.88 Å². The molecule has 0 radical (unpaired) electrons. The van der Waals surface area contributed by atoms with Crippen LogP contribution in [0.2, 0.25) is 0 Å². The number of carbonyl (C=O) groups is 1. The van der Waals surface area contributed by atoms with E-state index in [1.807, 2.05) is 17.5 Å². The second kappa shape index (κ2) is 6.18. The molecule has 8 heteroatoms. The highest BCUT2D eigenvalue weighted by Gasteiger charge is 2.34. The molecule has 0 amide bonds. The number of aromatic amines is 1. The van der Waals surface area contributed by atoms with Gasteiger partial charge in [0.05, 0.1) is 16.3 Å². The van der Waals surface area contributed by atoms with E-state index in [0.29, 0.717) is 37.3 Å². The van der Waals surface area contributed by atoms with Crippen LogP contribution < -0.4 is 0 Å². The fourth-order valence-electron chi connectivity index (χ4n) is 3.03. The quantitative estimate of drug-likeness (QED) is 0.856. The Balaban J connectivity index is 1.73. The molecule has 0 spiro atoms. The second-order valence-electron chi connectivity index (χ2n) is 5.78. The number of H-pyrrole nitrogens is 1. The van der Waals surface area contributed by atoms with Gasteiger partial charge in [0.25, 0.3) is 0 Å². The molecule has 2 aromatic rings. The summed E-state index contributed by atoms with van der Waals surface area (Å²) < 4.78 is 27.0. The Morgan fingerprint density at radius 2 is 2.04 bits per heavy atom. The number of carbonyl (C=O) groups excluding carboxylic acids is 1. The Kier molecular flexibility index (Phi) is 4.39. The van der Waals surface area contributed by atoms with Gasteiger partial charge in [0.2, 0.25) is 10.0 Å². The van der Waals surface area contributed by atoms with Gasteiger partial charge in [-0.15, -0.1) is 11.3 Å². The van der Waals surface area contributed by atoms with Gasteiger partial charge in [-0.1, -0.05) is 6.07 Å². The Morgan fingerprint density at radius 1 is 1.35 bits per heavy atom. The van der Waals surface area contributed by atoms with Crippen molar-refractivity contribution in [3.8, 4) is 0 Å². The number of piperidine rings is 1. The molecule has 0 aromatic carbocycles. The Hall–Kier alpha value is -1.51. The second-order valence-corrected chi connectivity index (χ2v) is 8.61. The van der Waals surface area contributed by atoms with E-state index >= 15 is 0 Å². The zero-order valence-corrected chi connectivity index (χ0v) is 14.7. The number of ketones is 1. The summed E-state index contributed by atoms with van der Waals surface area (Å²) in [7, 11) is -3.55. The van der Waals surface area contributed by atoms with E-state index < -0.39 is 10.0 Å². The molecule has 2 aromatic heterocycles. The van der Waals surface area contributed by atoms with Gasteiger partial charge in [-0.2, -0.15) is 9.40 Å². The van der Waals surface area contributed by atoms with Crippen LogP contribution in [0.5, 0.6) is 0 Å². The van der Waals surface area contributed by atoms with Gasteiger partial charge in [-0.25, -0.2) is 8.42 Å². The maximum Gasteiger partial charge on any atom is 0.246 e.